The summed E-state index contributed by atoms with van der Waals surface area (Å²) in [6, 6.07) is 1.70. The maximum absolute atomic E-state index is 11.5. The number of hydrogen-bond donors (Lipinski definition) is 1. The third kappa shape index (κ3) is 1.17. The minimum absolute atomic E-state index is 0.368. The van der Waals surface area contributed by atoms with Crippen molar-refractivity contribution in [3.8, 4) is 0 Å². The Morgan fingerprint density at radius 2 is 2.38 bits per heavy atom. The molecule has 1 aliphatic rings. The fourth-order valence-electron chi connectivity index (χ4n) is 1.13. The first-order valence-corrected chi connectivity index (χ1v) is 4.47. The lowest BCUT2D eigenvalue weighted by Crippen LogP contribution is -2.26. The molecule has 0 aromatic carbocycles. The summed E-state index contributed by atoms with van der Waals surface area (Å²) in [5, 5.41) is 10.4. The first kappa shape index (κ1) is 8.12. The molecule has 1 atom stereocenters. The van der Waals surface area contributed by atoms with E-state index in [0.717, 1.165) is 0 Å². The molecular formula is C8H5NO3S. The molecule has 0 radical (unpaired) electrons. The molecule has 0 saturated heterocycles. The Kier molecular flexibility index (Phi) is 1.73. The Labute approximate surface area is 77.5 Å². The van der Waals surface area contributed by atoms with E-state index < -0.39 is 11.9 Å². The number of thiophene rings is 1. The minimum Gasteiger partial charge on any atom is -0.480 e. The zero-order valence-electron chi connectivity index (χ0n) is 6.43. The molecule has 1 N–H and O–H groups in total. The van der Waals surface area contributed by atoms with Crippen LogP contribution in [0.5, 0.6) is 0 Å². The number of ketones is 1. The molecule has 1 aromatic rings. The number of carboxylic acids is 1. The molecule has 5 heteroatoms. The van der Waals surface area contributed by atoms with E-state index in [1.54, 1.807) is 11.4 Å². The summed E-state index contributed by atoms with van der Waals surface area (Å²) in [4.78, 5) is 26.4. The van der Waals surface area contributed by atoms with Gasteiger partial charge in [-0.2, -0.15) is 0 Å². The molecule has 2 heterocycles. The third-order valence-corrected chi connectivity index (χ3v) is 2.70. The average molecular weight is 195 g/mol. The molecule has 0 aliphatic carbocycles. The smallest absolute Gasteiger partial charge is 0.319 e. The molecule has 0 saturated carbocycles. The van der Waals surface area contributed by atoms with E-state index in [0.29, 0.717) is 10.6 Å². The van der Waals surface area contributed by atoms with Crippen molar-refractivity contribution in [1.29, 1.82) is 0 Å². The largest absolute Gasteiger partial charge is 0.480 e. The zero-order chi connectivity index (χ0) is 9.42. The number of hydrogen-bond acceptors (Lipinski definition) is 4. The van der Waals surface area contributed by atoms with Gasteiger partial charge in [-0.25, -0.2) is 0 Å². The maximum atomic E-state index is 11.5. The Morgan fingerprint density at radius 3 is 3.08 bits per heavy atom. The third-order valence-electron chi connectivity index (χ3n) is 1.78. The second-order valence-corrected chi connectivity index (χ2v) is 3.51. The van der Waals surface area contributed by atoms with Gasteiger partial charge in [0.05, 0.1) is 10.6 Å². The number of carboxylic acid groups (broad SMARTS) is 1. The van der Waals surface area contributed by atoms with Crippen molar-refractivity contribution in [3.63, 3.8) is 0 Å². The first-order chi connectivity index (χ1) is 6.20. The van der Waals surface area contributed by atoms with Crippen LogP contribution in [0.1, 0.15) is 9.67 Å². The van der Waals surface area contributed by atoms with Crippen molar-refractivity contribution in [2.45, 2.75) is 0 Å². The van der Waals surface area contributed by atoms with Crippen LogP contribution < -0.4 is 0 Å². The lowest BCUT2D eigenvalue weighted by Gasteiger charge is -2.09. The molecule has 1 unspecified atom stereocenters. The average Bonchev–Trinajstić information content (AvgIpc) is 2.52. The molecule has 13 heavy (non-hydrogen) atoms. The monoisotopic (exact) mass is 195 g/mol. The van der Waals surface area contributed by atoms with E-state index in [1.165, 1.54) is 17.6 Å². The molecule has 0 spiro atoms. The van der Waals surface area contributed by atoms with Crippen LogP contribution in [-0.4, -0.2) is 23.1 Å². The Bertz CT molecular complexity index is 407. The van der Waals surface area contributed by atoms with Gasteiger partial charge in [-0.05, 0) is 11.4 Å². The van der Waals surface area contributed by atoms with Crippen LogP contribution in [0.3, 0.4) is 0 Å². The molecule has 0 fully saturated rings. The van der Waals surface area contributed by atoms with Crippen LogP contribution in [0.4, 0.5) is 5.69 Å². The van der Waals surface area contributed by atoms with E-state index in [-0.39, 0.29) is 5.78 Å². The van der Waals surface area contributed by atoms with Crippen LogP contribution >= 0.6 is 11.3 Å². The number of fused-ring (bicyclic) bond motifs is 1. The summed E-state index contributed by atoms with van der Waals surface area (Å²) in [6.07, 6.45) is 1.18. The summed E-state index contributed by atoms with van der Waals surface area (Å²) in [5.74, 6) is -2.62. The minimum atomic E-state index is -1.15. The van der Waals surface area contributed by atoms with Gasteiger partial charge in [-0.1, -0.05) is 0 Å². The van der Waals surface area contributed by atoms with Crippen LogP contribution in [0.2, 0.25) is 0 Å². The highest BCUT2D eigenvalue weighted by Crippen LogP contribution is 2.30. The molecule has 66 valence electrons. The Balaban J connectivity index is 2.47. The lowest BCUT2D eigenvalue weighted by atomic mass is 10.0. The molecular weight excluding hydrogens is 190 g/mol. The Hall–Kier alpha value is -1.49. The number of carbonyl (C=O) groups excluding carboxylic acids is 1. The van der Waals surface area contributed by atoms with Crippen LogP contribution in [0, 0.1) is 5.92 Å². The molecule has 4 nitrogen and oxygen atoms in total. The first-order valence-electron chi connectivity index (χ1n) is 3.59. The molecule has 2 rings (SSSR count). The van der Waals surface area contributed by atoms with Crippen LogP contribution in [0.15, 0.2) is 16.4 Å². The molecule has 1 aromatic heterocycles. The normalized spacial score (nSPS) is 20.0. The van der Waals surface area contributed by atoms with Crippen molar-refractivity contribution < 1.29 is 14.7 Å². The number of carbonyl (C=O) groups is 2. The highest BCUT2D eigenvalue weighted by Gasteiger charge is 2.31. The van der Waals surface area contributed by atoms with Crippen molar-refractivity contribution in [2.75, 3.05) is 0 Å². The fourth-order valence-corrected chi connectivity index (χ4v) is 1.95. The van der Waals surface area contributed by atoms with Crippen molar-refractivity contribution >= 4 is 35.0 Å². The summed E-state index contributed by atoms with van der Waals surface area (Å²) in [6.45, 7) is 0. The second kappa shape index (κ2) is 2.77. The number of nitrogens with zero attached hydrogens (tertiary/aromatic N) is 1. The van der Waals surface area contributed by atoms with Gasteiger partial charge >= 0.3 is 5.97 Å². The van der Waals surface area contributed by atoms with Crippen LogP contribution in [-0.2, 0) is 4.79 Å². The topological polar surface area (TPSA) is 66.7 Å². The van der Waals surface area contributed by atoms with Crippen molar-refractivity contribution in [2.24, 2.45) is 10.9 Å². The fraction of sp³-hybridized carbons (Fsp3) is 0.125. The van der Waals surface area contributed by atoms with Gasteiger partial charge in [0.1, 0.15) is 0 Å². The predicted molar refractivity (Wildman–Crippen MR) is 47.9 cm³/mol. The van der Waals surface area contributed by atoms with Crippen molar-refractivity contribution in [1.82, 2.24) is 0 Å². The summed E-state index contributed by atoms with van der Waals surface area (Å²) >= 11 is 1.23. The maximum Gasteiger partial charge on any atom is 0.319 e. The lowest BCUT2D eigenvalue weighted by molar-refractivity contribution is -0.137. The van der Waals surface area contributed by atoms with Gasteiger partial charge in [-0.3, -0.25) is 14.6 Å². The van der Waals surface area contributed by atoms with Gasteiger partial charge in [-0.15, -0.1) is 11.3 Å². The summed E-state index contributed by atoms with van der Waals surface area (Å²) in [7, 11) is 0. The molecule has 1 aliphatic heterocycles. The number of aliphatic carboxylic acids is 1. The van der Waals surface area contributed by atoms with Crippen LogP contribution in [0.25, 0.3) is 0 Å². The van der Waals surface area contributed by atoms with Gasteiger partial charge in [0.25, 0.3) is 0 Å². The van der Waals surface area contributed by atoms with Gasteiger partial charge < -0.3 is 5.11 Å². The zero-order valence-corrected chi connectivity index (χ0v) is 7.25. The number of rotatable bonds is 1. The van der Waals surface area contributed by atoms with E-state index in [2.05, 4.69) is 4.99 Å². The van der Waals surface area contributed by atoms with Crippen molar-refractivity contribution in [3.05, 3.63) is 16.3 Å². The summed E-state index contributed by atoms with van der Waals surface area (Å²) < 4.78 is 0. The standard InChI is InChI=1S/C8H5NO3S/c10-6-4(8(11)12)3-9-5-1-2-13-7(5)6/h1-4H,(H,11,12). The van der Waals surface area contributed by atoms with E-state index in [1.807, 2.05) is 0 Å². The van der Waals surface area contributed by atoms with Gasteiger partial charge in [0.2, 0.25) is 0 Å². The number of aliphatic imine (C=N–C) groups is 1. The van der Waals surface area contributed by atoms with Gasteiger partial charge in [0, 0.05) is 6.21 Å². The highest BCUT2D eigenvalue weighted by atomic mass is 32.1. The van der Waals surface area contributed by atoms with E-state index in [4.69, 9.17) is 5.11 Å². The van der Waals surface area contributed by atoms with E-state index in [9.17, 15) is 9.59 Å². The highest BCUT2D eigenvalue weighted by molar-refractivity contribution is 7.12. The quantitative estimate of drug-likeness (QED) is 0.688. The molecule has 0 amide bonds. The summed E-state index contributed by atoms with van der Waals surface area (Å²) in [5.41, 5.74) is 0.576. The molecule has 0 bridgehead atoms. The second-order valence-electron chi connectivity index (χ2n) is 2.59. The SMILES string of the molecule is O=C(O)C1C=Nc2ccsc2C1=O. The van der Waals surface area contributed by atoms with E-state index >= 15 is 0 Å². The Morgan fingerprint density at radius 1 is 1.62 bits per heavy atom. The predicted octanol–water partition coefficient (Wildman–Crippen LogP) is 1.35. The number of Topliss-reactive ketones (excluding diaryl/α,β-unsaturated/α-hetero) is 1. The van der Waals surface area contributed by atoms with Gasteiger partial charge in [0.15, 0.2) is 11.7 Å².